The summed E-state index contributed by atoms with van der Waals surface area (Å²) in [5.74, 6) is -2.01. The Morgan fingerprint density at radius 2 is 2.16 bits per heavy atom. The molecule has 0 bridgehead atoms. The molecule has 1 N–H and O–H groups in total. The van der Waals surface area contributed by atoms with Crippen molar-refractivity contribution in [3.63, 3.8) is 0 Å². The number of aliphatic carboxylic acids is 1. The van der Waals surface area contributed by atoms with Gasteiger partial charge in [0.05, 0.1) is 0 Å². The predicted molar refractivity (Wildman–Crippen MR) is 68.7 cm³/mol. The van der Waals surface area contributed by atoms with Gasteiger partial charge in [0.2, 0.25) is 0 Å². The standard InChI is InChI=1S/C14H14ClFO3/c15-10-4-5-11(16)9(7-10)8-14(13(18)19)6-2-1-3-12(14)17/h4-5,7H,1-3,6,8H2,(H,18,19). The maximum atomic E-state index is 13.7. The maximum Gasteiger partial charge on any atom is 0.317 e. The SMILES string of the molecule is O=C(O)C1(Cc2cc(Cl)ccc2F)CCCCC1=O. The number of carboxylic acid groups (broad SMARTS) is 1. The van der Waals surface area contributed by atoms with E-state index in [1.54, 1.807) is 0 Å². The van der Waals surface area contributed by atoms with Crippen LogP contribution in [0.25, 0.3) is 0 Å². The summed E-state index contributed by atoms with van der Waals surface area (Å²) in [6, 6.07) is 3.99. The number of benzene rings is 1. The molecule has 0 saturated heterocycles. The summed E-state index contributed by atoms with van der Waals surface area (Å²) in [6.45, 7) is 0. The van der Waals surface area contributed by atoms with Crippen molar-refractivity contribution in [1.29, 1.82) is 0 Å². The van der Waals surface area contributed by atoms with E-state index >= 15 is 0 Å². The highest BCUT2D eigenvalue weighted by atomic mass is 35.5. The quantitative estimate of drug-likeness (QED) is 0.867. The van der Waals surface area contributed by atoms with E-state index in [-0.39, 0.29) is 30.6 Å². The van der Waals surface area contributed by atoms with Crippen molar-refractivity contribution in [3.8, 4) is 0 Å². The minimum absolute atomic E-state index is 0.131. The van der Waals surface area contributed by atoms with E-state index in [4.69, 9.17) is 11.6 Å². The molecule has 1 aliphatic rings. The molecule has 102 valence electrons. The third kappa shape index (κ3) is 2.63. The van der Waals surface area contributed by atoms with E-state index in [0.29, 0.717) is 17.9 Å². The normalized spacial score (nSPS) is 23.4. The van der Waals surface area contributed by atoms with E-state index in [0.717, 1.165) is 0 Å². The fourth-order valence-corrected chi connectivity index (χ4v) is 2.78. The molecule has 1 aromatic carbocycles. The smallest absolute Gasteiger partial charge is 0.317 e. The first-order chi connectivity index (χ1) is 8.95. The van der Waals surface area contributed by atoms with Gasteiger partial charge in [-0.1, -0.05) is 18.0 Å². The van der Waals surface area contributed by atoms with Crippen LogP contribution >= 0.6 is 11.6 Å². The van der Waals surface area contributed by atoms with Gasteiger partial charge in [0.15, 0.2) is 5.78 Å². The van der Waals surface area contributed by atoms with E-state index in [1.807, 2.05) is 0 Å². The highest BCUT2D eigenvalue weighted by Crippen LogP contribution is 2.37. The lowest BCUT2D eigenvalue weighted by molar-refractivity contribution is -0.157. The lowest BCUT2D eigenvalue weighted by Gasteiger charge is -2.31. The Morgan fingerprint density at radius 1 is 1.42 bits per heavy atom. The number of ketones is 1. The fraction of sp³-hybridized carbons (Fsp3) is 0.429. The van der Waals surface area contributed by atoms with Crippen LogP contribution in [0.2, 0.25) is 5.02 Å². The minimum Gasteiger partial charge on any atom is -0.480 e. The van der Waals surface area contributed by atoms with Gasteiger partial charge in [-0.15, -0.1) is 0 Å². The first-order valence-corrected chi connectivity index (χ1v) is 6.54. The van der Waals surface area contributed by atoms with Crippen LogP contribution < -0.4 is 0 Å². The fourth-order valence-electron chi connectivity index (χ4n) is 2.58. The van der Waals surface area contributed by atoms with E-state index in [1.165, 1.54) is 18.2 Å². The van der Waals surface area contributed by atoms with Crippen molar-refractivity contribution in [1.82, 2.24) is 0 Å². The number of Topliss-reactive ketones (excluding diaryl/α,β-unsaturated/α-hetero) is 1. The number of hydrogen-bond donors (Lipinski definition) is 1. The number of rotatable bonds is 3. The lowest BCUT2D eigenvalue weighted by atomic mass is 9.69. The van der Waals surface area contributed by atoms with Crippen molar-refractivity contribution in [2.45, 2.75) is 32.1 Å². The molecule has 1 atom stereocenters. The zero-order chi connectivity index (χ0) is 14.0. The summed E-state index contributed by atoms with van der Waals surface area (Å²) in [7, 11) is 0. The number of carboxylic acids is 1. The van der Waals surface area contributed by atoms with Gasteiger partial charge < -0.3 is 5.11 Å². The summed E-state index contributed by atoms with van der Waals surface area (Å²) >= 11 is 5.80. The maximum absolute atomic E-state index is 13.7. The Hall–Kier alpha value is -1.42. The van der Waals surface area contributed by atoms with Crippen molar-refractivity contribution in [2.24, 2.45) is 5.41 Å². The molecule has 19 heavy (non-hydrogen) atoms. The molecule has 2 rings (SSSR count). The minimum atomic E-state index is -1.50. The highest BCUT2D eigenvalue weighted by molar-refractivity contribution is 6.30. The van der Waals surface area contributed by atoms with Gasteiger partial charge >= 0.3 is 5.97 Å². The van der Waals surface area contributed by atoms with Crippen LogP contribution in [0.5, 0.6) is 0 Å². The largest absolute Gasteiger partial charge is 0.480 e. The summed E-state index contributed by atoms with van der Waals surface area (Å²) in [4.78, 5) is 23.5. The zero-order valence-electron chi connectivity index (χ0n) is 10.3. The summed E-state index contributed by atoms with van der Waals surface area (Å²) in [5, 5.41) is 9.74. The van der Waals surface area contributed by atoms with Crippen LogP contribution in [0.15, 0.2) is 18.2 Å². The Bertz CT molecular complexity index is 529. The molecule has 0 spiro atoms. The monoisotopic (exact) mass is 284 g/mol. The predicted octanol–water partition coefficient (Wildman–Crippen LogP) is 3.24. The molecular formula is C14H14ClFO3. The van der Waals surface area contributed by atoms with Crippen molar-refractivity contribution in [3.05, 3.63) is 34.6 Å². The Labute approximate surface area is 115 Å². The molecular weight excluding hydrogens is 271 g/mol. The number of carbonyl (C=O) groups is 2. The van der Waals surface area contributed by atoms with Gasteiger partial charge in [-0.2, -0.15) is 0 Å². The summed E-state index contributed by atoms with van der Waals surface area (Å²) in [6.07, 6.45) is 1.74. The van der Waals surface area contributed by atoms with Gasteiger partial charge in [0, 0.05) is 11.4 Å². The molecule has 3 nitrogen and oxygen atoms in total. The number of halogens is 2. The van der Waals surface area contributed by atoms with Crippen molar-refractivity contribution < 1.29 is 19.1 Å². The van der Waals surface area contributed by atoms with Gasteiger partial charge in [-0.25, -0.2) is 4.39 Å². The molecule has 0 radical (unpaired) electrons. The van der Waals surface area contributed by atoms with Gasteiger partial charge in [0.1, 0.15) is 11.2 Å². The summed E-state index contributed by atoms with van der Waals surface area (Å²) < 4.78 is 13.7. The molecule has 0 aromatic heterocycles. The second-order valence-corrected chi connectivity index (χ2v) is 5.37. The zero-order valence-corrected chi connectivity index (χ0v) is 11.0. The third-order valence-corrected chi connectivity index (χ3v) is 3.94. The van der Waals surface area contributed by atoms with Gasteiger partial charge in [-0.3, -0.25) is 9.59 Å². The number of carbonyl (C=O) groups excluding carboxylic acids is 1. The Kier molecular flexibility index (Phi) is 3.90. The van der Waals surface area contributed by atoms with Crippen LogP contribution in [-0.4, -0.2) is 16.9 Å². The highest BCUT2D eigenvalue weighted by Gasteiger charge is 2.47. The van der Waals surface area contributed by atoms with Crippen LogP contribution in [0.1, 0.15) is 31.2 Å². The second kappa shape index (κ2) is 5.29. The second-order valence-electron chi connectivity index (χ2n) is 4.93. The molecule has 1 saturated carbocycles. The average molecular weight is 285 g/mol. The van der Waals surface area contributed by atoms with E-state index in [9.17, 15) is 19.1 Å². The third-order valence-electron chi connectivity index (χ3n) is 3.70. The van der Waals surface area contributed by atoms with Gasteiger partial charge in [0.25, 0.3) is 0 Å². The van der Waals surface area contributed by atoms with Crippen LogP contribution in [-0.2, 0) is 16.0 Å². The molecule has 1 unspecified atom stereocenters. The van der Waals surface area contributed by atoms with E-state index < -0.39 is 17.2 Å². The molecule has 1 fully saturated rings. The Balaban J connectivity index is 2.38. The molecule has 1 aromatic rings. The molecule has 5 heteroatoms. The first kappa shape index (κ1) is 14.0. The van der Waals surface area contributed by atoms with Crippen LogP contribution in [0.4, 0.5) is 4.39 Å². The van der Waals surface area contributed by atoms with Crippen molar-refractivity contribution >= 4 is 23.4 Å². The first-order valence-electron chi connectivity index (χ1n) is 6.16. The molecule has 1 aliphatic carbocycles. The molecule has 0 aliphatic heterocycles. The van der Waals surface area contributed by atoms with Crippen molar-refractivity contribution in [2.75, 3.05) is 0 Å². The molecule has 0 amide bonds. The number of hydrogen-bond acceptors (Lipinski definition) is 2. The van der Waals surface area contributed by atoms with E-state index in [2.05, 4.69) is 0 Å². The topological polar surface area (TPSA) is 54.4 Å². The average Bonchev–Trinajstić information content (AvgIpc) is 2.36. The molecule has 0 heterocycles. The lowest BCUT2D eigenvalue weighted by Crippen LogP contribution is -2.43. The van der Waals surface area contributed by atoms with Crippen LogP contribution in [0, 0.1) is 11.2 Å². The summed E-state index contributed by atoms with van der Waals surface area (Å²) in [5.41, 5.74) is -1.31. The Morgan fingerprint density at radius 3 is 2.79 bits per heavy atom. The van der Waals surface area contributed by atoms with Gasteiger partial charge in [-0.05, 0) is 43.0 Å². The van der Waals surface area contributed by atoms with Crippen LogP contribution in [0.3, 0.4) is 0 Å².